The van der Waals surface area contributed by atoms with E-state index in [1.165, 1.54) is 6.92 Å². The van der Waals surface area contributed by atoms with Gasteiger partial charge < -0.3 is 4.74 Å². The highest BCUT2D eigenvalue weighted by Gasteiger charge is 2.06. The number of rotatable bonds is 1. The predicted molar refractivity (Wildman–Crippen MR) is 33.7 cm³/mol. The lowest BCUT2D eigenvalue weighted by molar-refractivity contribution is -0.136. The van der Waals surface area contributed by atoms with Crippen LogP contribution in [0.5, 0.6) is 0 Å². The van der Waals surface area contributed by atoms with Gasteiger partial charge in [0.1, 0.15) is 5.76 Å². The van der Waals surface area contributed by atoms with Crippen molar-refractivity contribution in [3.8, 4) is 0 Å². The molecule has 2 heteroatoms. The van der Waals surface area contributed by atoms with Gasteiger partial charge in [-0.1, -0.05) is 0 Å². The molecule has 0 N–H and O–H groups in total. The van der Waals surface area contributed by atoms with Crippen LogP contribution in [0.15, 0.2) is 11.8 Å². The molecule has 0 aliphatic heterocycles. The van der Waals surface area contributed by atoms with E-state index in [2.05, 4.69) is 0 Å². The van der Waals surface area contributed by atoms with Crippen molar-refractivity contribution in [3.05, 3.63) is 11.8 Å². The van der Waals surface area contributed by atoms with Crippen LogP contribution in [-0.2, 0) is 9.53 Å². The van der Waals surface area contributed by atoms with Gasteiger partial charge in [0, 0.05) is 13.3 Å². The van der Waals surface area contributed by atoms with E-state index < -0.39 is 0 Å². The van der Waals surface area contributed by atoms with Crippen molar-refractivity contribution < 1.29 is 9.53 Å². The van der Waals surface area contributed by atoms with E-state index in [0.717, 1.165) is 25.0 Å². The Morgan fingerprint density at radius 1 is 1.78 bits per heavy atom. The summed E-state index contributed by atoms with van der Waals surface area (Å²) >= 11 is 0. The van der Waals surface area contributed by atoms with Crippen LogP contribution in [0.1, 0.15) is 26.2 Å². The van der Waals surface area contributed by atoms with Gasteiger partial charge in [-0.15, -0.1) is 0 Å². The zero-order chi connectivity index (χ0) is 6.69. The average Bonchev–Trinajstić information content (AvgIpc) is 2.15. The van der Waals surface area contributed by atoms with Crippen LogP contribution in [0.4, 0.5) is 0 Å². The second-order valence-electron chi connectivity index (χ2n) is 2.16. The summed E-state index contributed by atoms with van der Waals surface area (Å²) < 4.78 is 4.83. The summed E-state index contributed by atoms with van der Waals surface area (Å²) in [5.41, 5.74) is 0. The summed E-state index contributed by atoms with van der Waals surface area (Å²) in [7, 11) is 0. The summed E-state index contributed by atoms with van der Waals surface area (Å²) in [6.07, 6.45) is 5.09. The third-order valence-electron chi connectivity index (χ3n) is 1.27. The Labute approximate surface area is 54.5 Å². The van der Waals surface area contributed by atoms with E-state index in [4.69, 9.17) is 4.74 Å². The van der Waals surface area contributed by atoms with Gasteiger partial charge in [0.2, 0.25) is 0 Å². The first-order chi connectivity index (χ1) is 4.29. The highest BCUT2D eigenvalue weighted by atomic mass is 16.5. The molecule has 0 amide bonds. The lowest BCUT2D eigenvalue weighted by atomic mass is 10.4. The standard InChI is InChI=1S/C7H10O2/c1-6(8)9-7-4-2-3-5-7/h4H,2-3,5H2,1H3. The molecule has 0 aromatic carbocycles. The van der Waals surface area contributed by atoms with Gasteiger partial charge in [-0.25, -0.2) is 0 Å². The Morgan fingerprint density at radius 3 is 3.00 bits per heavy atom. The molecule has 9 heavy (non-hydrogen) atoms. The number of hydrogen-bond donors (Lipinski definition) is 0. The average molecular weight is 126 g/mol. The molecule has 1 aliphatic rings. The van der Waals surface area contributed by atoms with Crippen molar-refractivity contribution in [3.63, 3.8) is 0 Å². The fraction of sp³-hybridized carbons (Fsp3) is 0.571. The Hall–Kier alpha value is -0.790. The monoisotopic (exact) mass is 126 g/mol. The Balaban J connectivity index is 2.35. The van der Waals surface area contributed by atoms with Gasteiger partial charge in [-0.3, -0.25) is 4.79 Å². The van der Waals surface area contributed by atoms with Crippen LogP contribution < -0.4 is 0 Å². The first-order valence-electron chi connectivity index (χ1n) is 3.16. The molecule has 0 aromatic rings. The molecule has 0 spiro atoms. The zero-order valence-electron chi connectivity index (χ0n) is 5.52. The van der Waals surface area contributed by atoms with Crippen molar-refractivity contribution in [2.75, 3.05) is 0 Å². The van der Waals surface area contributed by atoms with Gasteiger partial charge in [0.15, 0.2) is 0 Å². The van der Waals surface area contributed by atoms with Crippen LogP contribution in [0.3, 0.4) is 0 Å². The van der Waals surface area contributed by atoms with E-state index in [1.54, 1.807) is 0 Å². The number of esters is 1. The molecule has 0 bridgehead atoms. The lowest BCUT2D eigenvalue weighted by Gasteiger charge is -1.98. The highest BCUT2D eigenvalue weighted by Crippen LogP contribution is 2.17. The second kappa shape index (κ2) is 2.67. The van der Waals surface area contributed by atoms with Crippen LogP contribution in [0.25, 0.3) is 0 Å². The molecule has 0 saturated heterocycles. The molecular formula is C7H10O2. The van der Waals surface area contributed by atoms with Crippen molar-refractivity contribution in [2.24, 2.45) is 0 Å². The fourth-order valence-corrected chi connectivity index (χ4v) is 0.919. The van der Waals surface area contributed by atoms with E-state index in [9.17, 15) is 4.79 Å². The summed E-state index contributed by atoms with van der Waals surface area (Å²) in [4.78, 5) is 10.3. The molecule has 0 aromatic heterocycles. The van der Waals surface area contributed by atoms with Gasteiger partial charge in [-0.05, 0) is 18.9 Å². The third-order valence-corrected chi connectivity index (χ3v) is 1.27. The van der Waals surface area contributed by atoms with Crippen molar-refractivity contribution in [1.29, 1.82) is 0 Å². The minimum absolute atomic E-state index is 0.205. The van der Waals surface area contributed by atoms with E-state index >= 15 is 0 Å². The first kappa shape index (κ1) is 6.33. The Bertz CT molecular complexity index is 147. The predicted octanol–water partition coefficient (Wildman–Crippen LogP) is 1.62. The number of hydrogen-bond acceptors (Lipinski definition) is 2. The molecule has 2 nitrogen and oxygen atoms in total. The number of carbonyl (C=O) groups excluding carboxylic acids is 1. The van der Waals surface area contributed by atoms with Crippen molar-refractivity contribution in [2.45, 2.75) is 26.2 Å². The molecule has 0 atom stereocenters. The topological polar surface area (TPSA) is 26.3 Å². The fourth-order valence-electron chi connectivity index (χ4n) is 0.919. The molecule has 50 valence electrons. The molecule has 1 aliphatic carbocycles. The maximum absolute atomic E-state index is 10.3. The molecule has 0 radical (unpaired) electrons. The van der Waals surface area contributed by atoms with Crippen molar-refractivity contribution >= 4 is 5.97 Å². The van der Waals surface area contributed by atoms with E-state index in [1.807, 2.05) is 6.08 Å². The minimum Gasteiger partial charge on any atom is -0.432 e. The van der Waals surface area contributed by atoms with Gasteiger partial charge in [-0.2, -0.15) is 0 Å². The smallest absolute Gasteiger partial charge is 0.307 e. The molecule has 0 fully saturated rings. The minimum atomic E-state index is -0.205. The van der Waals surface area contributed by atoms with Crippen LogP contribution in [-0.4, -0.2) is 5.97 Å². The largest absolute Gasteiger partial charge is 0.432 e. The number of allylic oxidation sites excluding steroid dienone is 2. The Morgan fingerprint density at radius 2 is 2.56 bits per heavy atom. The lowest BCUT2D eigenvalue weighted by Crippen LogP contribution is -1.95. The molecule has 1 rings (SSSR count). The van der Waals surface area contributed by atoms with Crippen molar-refractivity contribution in [1.82, 2.24) is 0 Å². The summed E-state index contributed by atoms with van der Waals surface area (Å²) in [5, 5.41) is 0. The van der Waals surface area contributed by atoms with E-state index in [0.29, 0.717) is 0 Å². The first-order valence-corrected chi connectivity index (χ1v) is 3.16. The maximum atomic E-state index is 10.3. The van der Waals surface area contributed by atoms with Gasteiger partial charge in [0.05, 0.1) is 0 Å². The summed E-state index contributed by atoms with van der Waals surface area (Å²) in [6, 6.07) is 0. The molecule has 0 unspecified atom stereocenters. The number of carbonyl (C=O) groups is 1. The second-order valence-corrected chi connectivity index (χ2v) is 2.16. The van der Waals surface area contributed by atoms with E-state index in [-0.39, 0.29) is 5.97 Å². The summed E-state index contributed by atoms with van der Waals surface area (Å²) in [5.74, 6) is 0.644. The Kier molecular flexibility index (Phi) is 1.88. The molecular weight excluding hydrogens is 116 g/mol. The third kappa shape index (κ3) is 1.88. The van der Waals surface area contributed by atoms with Crippen LogP contribution in [0, 0.1) is 0 Å². The number of ether oxygens (including phenoxy) is 1. The quantitative estimate of drug-likeness (QED) is 0.499. The highest BCUT2D eigenvalue weighted by molar-refractivity contribution is 5.67. The van der Waals surface area contributed by atoms with Crippen LogP contribution in [0.2, 0.25) is 0 Å². The normalized spacial score (nSPS) is 17.2. The zero-order valence-corrected chi connectivity index (χ0v) is 5.52. The molecule has 0 saturated carbocycles. The van der Waals surface area contributed by atoms with Gasteiger partial charge >= 0.3 is 5.97 Å². The van der Waals surface area contributed by atoms with Crippen LogP contribution >= 0.6 is 0 Å². The molecule has 0 heterocycles. The summed E-state index contributed by atoms with van der Waals surface area (Å²) in [6.45, 7) is 1.43. The van der Waals surface area contributed by atoms with Gasteiger partial charge in [0.25, 0.3) is 0 Å². The SMILES string of the molecule is CC(=O)OC1=CCCC1. The maximum Gasteiger partial charge on any atom is 0.307 e.